The van der Waals surface area contributed by atoms with Crippen LogP contribution < -0.4 is 4.74 Å². The van der Waals surface area contributed by atoms with Crippen molar-refractivity contribution in [2.45, 2.75) is 45.1 Å². The maximum Gasteiger partial charge on any atom is 0.337 e. The van der Waals surface area contributed by atoms with Crippen LogP contribution in [0.15, 0.2) is 12.3 Å². The smallest absolute Gasteiger partial charge is 0.337 e. The summed E-state index contributed by atoms with van der Waals surface area (Å²) in [5.41, 5.74) is -0.611. The molecule has 2 rings (SSSR count). The molecule has 1 aliphatic rings. The van der Waals surface area contributed by atoms with Crippen LogP contribution in [0.25, 0.3) is 0 Å². The summed E-state index contributed by atoms with van der Waals surface area (Å²) in [6, 6.07) is 0.994. The van der Waals surface area contributed by atoms with E-state index in [1.807, 2.05) is 0 Å². The predicted octanol–water partition coefficient (Wildman–Crippen LogP) is 3.04. The number of aromatic nitrogens is 1. The van der Waals surface area contributed by atoms with E-state index in [0.717, 1.165) is 44.4 Å². The Kier molecular flexibility index (Phi) is 4.72. The molecular formula is C14H18N2O5. The standard InChI is InChI=1S/C14H18N2O5/c1-2-9-5-3-4-6-12(9)21-13-11(16(19)20)7-10(8-15-13)14(17)18/h7-9,12H,2-6H2,1H3,(H,17,18). The summed E-state index contributed by atoms with van der Waals surface area (Å²) in [6.45, 7) is 2.07. The van der Waals surface area contributed by atoms with Crippen LogP contribution in [0.1, 0.15) is 49.4 Å². The molecule has 0 amide bonds. The van der Waals surface area contributed by atoms with Gasteiger partial charge in [-0.25, -0.2) is 9.78 Å². The van der Waals surface area contributed by atoms with Crippen LogP contribution in [0.4, 0.5) is 5.69 Å². The summed E-state index contributed by atoms with van der Waals surface area (Å²) in [4.78, 5) is 25.1. The van der Waals surface area contributed by atoms with E-state index < -0.39 is 16.6 Å². The zero-order chi connectivity index (χ0) is 15.4. The van der Waals surface area contributed by atoms with Gasteiger partial charge in [-0.3, -0.25) is 10.1 Å². The van der Waals surface area contributed by atoms with Gasteiger partial charge < -0.3 is 9.84 Å². The Morgan fingerprint density at radius 2 is 2.24 bits per heavy atom. The third kappa shape index (κ3) is 3.48. The average molecular weight is 294 g/mol. The van der Waals surface area contributed by atoms with Gasteiger partial charge in [-0.15, -0.1) is 0 Å². The lowest BCUT2D eigenvalue weighted by Crippen LogP contribution is -2.30. The molecule has 1 aromatic rings. The first-order valence-corrected chi connectivity index (χ1v) is 7.07. The van der Waals surface area contributed by atoms with E-state index in [1.54, 1.807) is 0 Å². The zero-order valence-electron chi connectivity index (χ0n) is 11.8. The Morgan fingerprint density at radius 1 is 1.52 bits per heavy atom. The molecule has 0 bridgehead atoms. The number of hydrogen-bond acceptors (Lipinski definition) is 5. The Morgan fingerprint density at radius 3 is 2.86 bits per heavy atom. The molecule has 0 radical (unpaired) electrons. The van der Waals surface area contributed by atoms with Crippen molar-refractivity contribution < 1.29 is 19.6 Å². The third-order valence-electron chi connectivity index (χ3n) is 3.90. The second kappa shape index (κ2) is 6.51. The van der Waals surface area contributed by atoms with E-state index in [2.05, 4.69) is 11.9 Å². The number of nitrogens with zero attached hydrogens (tertiary/aromatic N) is 2. The van der Waals surface area contributed by atoms with E-state index in [4.69, 9.17) is 9.84 Å². The van der Waals surface area contributed by atoms with Gasteiger partial charge in [0.15, 0.2) is 0 Å². The second-order valence-corrected chi connectivity index (χ2v) is 5.22. The summed E-state index contributed by atoms with van der Waals surface area (Å²) < 4.78 is 5.74. The van der Waals surface area contributed by atoms with Crippen LogP contribution in [0.5, 0.6) is 5.88 Å². The molecular weight excluding hydrogens is 276 g/mol. The number of ether oxygens (including phenoxy) is 1. The van der Waals surface area contributed by atoms with E-state index in [-0.39, 0.29) is 17.5 Å². The van der Waals surface area contributed by atoms with Gasteiger partial charge in [0.05, 0.1) is 10.5 Å². The van der Waals surface area contributed by atoms with Crippen molar-refractivity contribution in [1.82, 2.24) is 4.98 Å². The molecule has 0 spiro atoms. The van der Waals surface area contributed by atoms with Crippen LogP contribution in [0.2, 0.25) is 0 Å². The van der Waals surface area contributed by atoms with Crippen LogP contribution in [0, 0.1) is 16.0 Å². The summed E-state index contributed by atoms with van der Waals surface area (Å²) in [5, 5.41) is 20.0. The SMILES string of the molecule is CCC1CCCCC1Oc1ncc(C(=O)O)cc1[N+](=O)[O-]. The van der Waals surface area contributed by atoms with Crippen LogP contribution in [0.3, 0.4) is 0 Å². The summed E-state index contributed by atoms with van der Waals surface area (Å²) in [7, 11) is 0. The van der Waals surface area contributed by atoms with Gasteiger partial charge >= 0.3 is 11.7 Å². The van der Waals surface area contributed by atoms with Crippen LogP contribution >= 0.6 is 0 Å². The molecule has 1 N–H and O–H groups in total. The topological polar surface area (TPSA) is 103 Å². The van der Waals surface area contributed by atoms with Gasteiger partial charge in [-0.1, -0.05) is 13.3 Å². The molecule has 7 nitrogen and oxygen atoms in total. The second-order valence-electron chi connectivity index (χ2n) is 5.22. The fourth-order valence-corrected chi connectivity index (χ4v) is 2.72. The van der Waals surface area contributed by atoms with Gasteiger partial charge in [0, 0.05) is 12.3 Å². The maximum atomic E-state index is 11.1. The van der Waals surface area contributed by atoms with Crippen LogP contribution in [-0.4, -0.2) is 27.1 Å². The minimum atomic E-state index is -1.25. The van der Waals surface area contributed by atoms with Gasteiger partial charge in [-0.05, 0) is 31.6 Å². The van der Waals surface area contributed by atoms with Gasteiger partial charge in [0.2, 0.25) is 0 Å². The van der Waals surface area contributed by atoms with Crippen molar-refractivity contribution in [3.05, 3.63) is 27.9 Å². The molecule has 2 atom stereocenters. The third-order valence-corrected chi connectivity index (χ3v) is 3.90. The highest BCUT2D eigenvalue weighted by molar-refractivity contribution is 5.88. The number of pyridine rings is 1. The minimum absolute atomic E-state index is 0.0876. The quantitative estimate of drug-likeness (QED) is 0.661. The summed E-state index contributed by atoms with van der Waals surface area (Å²) in [5.74, 6) is -0.976. The number of hydrogen-bond donors (Lipinski definition) is 1. The van der Waals surface area contributed by atoms with E-state index >= 15 is 0 Å². The fraction of sp³-hybridized carbons (Fsp3) is 0.571. The first-order chi connectivity index (χ1) is 10.0. The lowest BCUT2D eigenvalue weighted by molar-refractivity contribution is -0.386. The molecule has 21 heavy (non-hydrogen) atoms. The lowest BCUT2D eigenvalue weighted by Gasteiger charge is -2.30. The Hall–Kier alpha value is -2.18. The molecule has 114 valence electrons. The van der Waals surface area contributed by atoms with Crippen molar-refractivity contribution in [3.8, 4) is 5.88 Å². The lowest BCUT2D eigenvalue weighted by atomic mass is 9.85. The molecule has 1 saturated carbocycles. The first kappa shape index (κ1) is 15.2. The van der Waals surface area contributed by atoms with E-state index in [0.29, 0.717) is 5.92 Å². The monoisotopic (exact) mass is 294 g/mol. The van der Waals surface area contributed by atoms with Crippen molar-refractivity contribution in [1.29, 1.82) is 0 Å². The molecule has 1 aliphatic carbocycles. The number of carbonyl (C=O) groups is 1. The molecule has 1 fully saturated rings. The fourth-order valence-electron chi connectivity index (χ4n) is 2.72. The molecule has 1 heterocycles. The average Bonchev–Trinajstić information content (AvgIpc) is 2.47. The molecule has 2 unspecified atom stereocenters. The van der Waals surface area contributed by atoms with E-state index in [1.165, 1.54) is 0 Å². The first-order valence-electron chi connectivity index (χ1n) is 7.07. The summed E-state index contributed by atoms with van der Waals surface area (Å²) in [6.07, 6.45) is 6.01. The van der Waals surface area contributed by atoms with Crippen molar-refractivity contribution >= 4 is 11.7 Å². The Bertz CT molecular complexity index is 546. The Labute approximate surface area is 122 Å². The molecule has 1 aromatic heterocycles. The number of carboxylic acids is 1. The van der Waals surface area contributed by atoms with Crippen molar-refractivity contribution in [3.63, 3.8) is 0 Å². The normalized spacial score (nSPS) is 21.8. The van der Waals surface area contributed by atoms with Crippen molar-refractivity contribution in [2.24, 2.45) is 5.92 Å². The highest BCUT2D eigenvalue weighted by atomic mass is 16.6. The zero-order valence-corrected chi connectivity index (χ0v) is 11.8. The highest BCUT2D eigenvalue weighted by Gasteiger charge is 2.29. The summed E-state index contributed by atoms with van der Waals surface area (Å²) >= 11 is 0. The van der Waals surface area contributed by atoms with E-state index in [9.17, 15) is 14.9 Å². The molecule has 7 heteroatoms. The van der Waals surface area contributed by atoms with Gasteiger partial charge in [0.1, 0.15) is 6.10 Å². The highest BCUT2D eigenvalue weighted by Crippen LogP contribution is 2.33. The number of aromatic carboxylic acids is 1. The van der Waals surface area contributed by atoms with Crippen LogP contribution in [-0.2, 0) is 0 Å². The number of rotatable bonds is 5. The molecule has 0 aromatic carbocycles. The predicted molar refractivity (Wildman–Crippen MR) is 74.5 cm³/mol. The molecule has 0 aliphatic heterocycles. The number of nitro groups is 1. The largest absolute Gasteiger partial charge is 0.478 e. The maximum absolute atomic E-state index is 11.1. The van der Waals surface area contributed by atoms with Gasteiger partial charge in [-0.2, -0.15) is 0 Å². The minimum Gasteiger partial charge on any atom is -0.478 e. The number of carboxylic acid groups (broad SMARTS) is 1. The van der Waals surface area contributed by atoms with Gasteiger partial charge in [0.25, 0.3) is 5.88 Å². The Balaban J connectivity index is 2.26. The van der Waals surface area contributed by atoms with Crippen molar-refractivity contribution in [2.75, 3.05) is 0 Å². The molecule has 0 saturated heterocycles.